The Morgan fingerprint density at radius 2 is 1.62 bits per heavy atom. The van der Waals surface area contributed by atoms with Crippen LogP contribution in [0.1, 0.15) is 15.9 Å². The summed E-state index contributed by atoms with van der Waals surface area (Å²) in [7, 11) is 0. The molecule has 3 N–H and O–H groups in total. The number of benzene rings is 2. The minimum Gasteiger partial charge on any atom is -0.334 e. The summed E-state index contributed by atoms with van der Waals surface area (Å²) in [5, 5.41) is 24.9. The molecule has 1 heterocycles. The third-order valence-corrected chi connectivity index (χ3v) is 4.50. The van der Waals surface area contributed by atoms with Crippen LogP contribution in [-0.4, -0.2) is 25.7 Å². The van der Waals surface area contributed by atoms with Gasteiger partial charge < -0.3 is 5.32 Å². The molecule has 0 aliphatic carbocycles. The second-order valence-corrected chi connectivity index (χ2v) is 6.79. The van der Waals surface area contributed by atoms with Crippen molar-refractivity contribution in [3.63, 3.8) is 0 Å². The van der Waals surface area contributed by atoms with Crippen molar-refractivity contribution in [1.29, 1.82) is 0 Å². The van der Waals surface area contributed by atoms with Crippen LogP contribution in [0.3, 0.4) is 0 Å². The summed E-state index contributed by atoms with van der Waals surface area (Å²) in [6, 6.07) is 6.89. The predicted octanol–water partition coefficient (Wildman–Crippen LogP) is 4.47. The number of amides is 1. The second kappa shape index (κ2) is 9.53. The van der Waals surface area contributed by atoms with Crippen LogP contribution >= 0.6 is 11.6 Å². The molecule has 0 radical (unpaired) electrons. The summed E-state index contributed by atoms with van der Waals surface area (Å²) < 4.78 is 38.1. The molecule has 0 fully saturated rings. The first-order valence-electron chi connectivity index (χ1n) is 8.91. The smallest absolute Gasteiger partial charge is 0.334 e. The number of hydrazine groups is 1. The highest BCUT2D eigenvalue weighted by molar-refractivity contribution is 6.32. The monoisotopic (exact) mass is 497 g/mol. The number of hydrogen-bond donors (Lipinski definition) is 3. The number of nitrogens with zero attached hydrogens (tertiary/aromatic N) is 4. The zero-order valence-electron chi connectivity index (χ0n) is 16.5. The largest absolute Gasteiger partial charge is 0.416 e. The van der Waals surface area contributed by atoms with Gasteiger partial charge in [0.15, 0.2) is 0 Å². The molecule has 176 valence electrons. The molecule has 1 aromatic heterocycles. The maximum absolute atomic E-state index is 12.7. The van der Waals surface area contributed by atoms with E-state index in [0.29, 0.717) is 0 Å². The maximum atomic E-state index is 12.7. The van der Waals surface area contributed by atoms with Crippen molar-refractivity contribution >= 4 is 46.2 Å². The molecule has 1 amide bonds. The Kier molecular flexibility index (Phi) is 6.76. The number of hydrogen-bond acceptors (Lipinski definition) is 9. The molecule has 2 aromatic carbocycles. The lowest BCUT2D eigenvalue weighted by atomic mass is 10.2. The minimum absolute atomic E-state index is 0.0678. The lowest BCUT2D eigenvalue weighted by Crippen LogP contribution is -2.30. The Labute approximate surface area is 192 Å². The normalized spacial score (nSPS) is 10.9. The molecule has 16 heteroatoms. The molecule has 0 aliphatic heterocycles. The van der Waals surface area contributed by atoms with E-state index in [9.17, 15) is 38.2 Å². The molecule has 12 nitrogen and oxygen atoms in total. The van der Waals surface area contributed by atoms with Gasteiger partial charge in [0.05, 0.1) is 15.4 Å². The fourth-order valence-corrected chi connectivity index (χ4v) is 2.78. The Balaban J connectivity index is 1.81. The minimum atomic E-state index is -4.56. The van der Waals surface area contributed by atoms with E-state index in [1.165, 1.54) is 6.07 Å². The summed E-state index contributed by atoms with van der Waals surface area (Å²) in [6.07, 6.45) is -3.65. The van der Waals surface area contributed by atoms with Gasteiger partial charge in [-0.1, -0.05) is 11.6 Å². The lowest BCUT2D eigenvalue weighted by Gasteiger charge is -2.12. The highest BCUT2D eigenvalue weighted by Crippen LogP contribution is 2.33. The highest BCUT2D eigenvalue weighted by atomic mass is 35.5. The van der Waals surface area contributed by atoms with E-state index >= 15 is 0 Å². The van der Waals surface area contributed by atoms with Crippen LogP contribution in [0.15, 0.2) is 48.8 Å². The molecule has 0 unspecified atom stereocenters. The topological polar surface area (TPSA) is 165 Å². The molecule has 0 spiro atoms. The SMILES string of the molecule is O=C(NNc1ncnc(Nc2ccc(C(F)(F)F)cc2)c1[N+](=O)[O-])c1ccc(Cl)c([N+](=O)[O-])c1. The van der Waals surface area contributed by atoms with E-state index in [-0.39, 0.29) is 22.1 Å². The van der Waals surface area contributed by atoms with E-state index in [2.05, 4.69) is 26.1 Å². The van der Waals surface area contributed by atoms with Gasteiger partial charge in [-0.25, -0.2) is 9.97 Å². The Morgan fingerprint density at radius 3 is 2.21 bits per heavy atom. The first-order valence-corrected chi connectivity index (χ1v) is 9.29. The molecule has 3 aromatic rings. The van der Waals surface area contributed by atoms with Gasteiger partial charge in [-0.3, -0.25) is 35.9 Å². The van der Waals surface area contributed by atoms with Crippen LogP contribution in [0, 0.1) is 20.2 Å². The number of nitro groups is 2. The maximum Gasteiger partial charge on any atom is 0.416 e. The number of carbonyl (C=O) groups is 1. The Morgan fingerprint density at radius 1 is 0.971 bits per heavy atom. The number of alkyl halides is 3. The van der Waals surface area contributed by atoms with E-state index in [4.69, 9.17) is 11.6 Å². The van der Waals surface area contributed by atoms with E-state index in [0.717, 1.165) is 42.7 Å². The van der Waals surface area contributed by atoms with Gasteiger partial charge >= 0.3 is 11.9 Å². The number of nitrogens with one attached hydrogen (secondary N) is 3. The van der Waals surface area contributed by atoms with Gasteiger partial charge in [0.25, 0.3) is 11.6 Å². The zero-order valence-corrected chi connectivity index (χ0v) is 17.2. The van der Waals surface area contributed by atoms with Crippen LogP contribution in [0.25, 0.3) is 0 Å². The van der Waals surface area contributed by atoms with Crippen molar-refractivity contribution in [2.45, 2.75) is 6.18 Å². The number of rotatable bonds is 7. The fourth-order valence-electron chi connectivity index (χ4n) is 2.60. The summed E-state index contributed by atoms with van der Waals surface area (Å²) >= 11 is 5.70. The summed E-state index contributed by atoms with van der Waals surface area (Å²) in [5.41, 5.74) is 2.06. The Bertz CT molecular complexity index is 1270. The van der Waals surface area contributed by atoms with Crippen molar-refractivity contribution in [2.75, 3.05) is 10.7 Å². The number of nitro benzene ring substituents is 1. The third kappa shape index (κ3) is 5.44. The molecular formula is C18H11ClF3N7O5. The highest BCUT2D eigenvalue weighted by Gasteiger charge is 2.30. The number of carbonyl (C=O) groups excluding carboxylic acids is 1. The molecule has 0 saturated heterocycles. The molecule has 0 saturated carbocycles. The van der Waals surface area contributed by atoms with Crippen molar-refractivity contribution in [3.05, 3.63) is 85.2 Å². The van der Waals surface area contributed by atoms with Crippen molar-refractivity contribution in [1.82, 2.24) is 15.4 Å². The third-order valence-electron chi connectivity index (χ3n) is 4.18. The average molecular weight is 498 g/mol. The van der Waals surface area contributed by atoms with Gasteiger partial charge in [0.2, 0.25) is 11.6 Å². The molecule has 3 rings (SSSR count). The van der Waals surface area contributed by atoms with Crippen LogP contribution in [0.5, 0.6) is 0 Å². The van der Waals surface area contributed by atoms with E-state index in [1.807, 2.05) is 0 Å². The molecule has 0 aliphatic rings. The standard InChI is InChI=1S/C18H11ClF3N7O5/c19-12-6-1-9(7-13(12)28(31)32)17(30)27-26-16-14(29(33)34)15(23-8-24-16)25-11-4-2-10(3-5-11)18(20,21)22/h1-8H,(H,27,30)(H2,23,24,25,26). The Hall–Kier alpha value is -4.53. The van der Waals surface area contributed by atoms with Gasteiger partial charge in [0, 0.05) is 17.3 Å². The van der Waals surface area contributed by atoms with Crippen LogP contribution in [0.2, 0.25) is 5.02 Å². The van der Waals surface area contributed by atoms with Gasteiger partial charge in [0.1, 0.15) is 11.3 Å². The quantitative estimate of drug-likeness (QED) is 0.315. The number of anilines is 3. The van der Waals surface area contributed by atoms with Crippen LogP contribution < -0.4 is 16.2 Å². The summed E-state index contributed by atoms with van der Waals surface area (Å²) in [4.78, 5) is 40.6. The molecule has 0 atom stereocenters. The van der Waals surface area contributed by atoms with Gasteiger partial charge in [-0.15, -0.1) is 0 Å². The number of aromatic nitrogens is 2. The second-order valence-electron chi connectivity index (χ2n) is 6.38. The van der Waals surface area contributed by atoms with E-state index in [1.54, 1.807) is 0 Å². The lowest BCUT2D eigenvalue weighted by molar-refractivity contribution is -0.384. The van der Waals surface area contributed by atoms with Crippen molar-refractivity contribution < 1.29 is 27.8 Å². The summed E-state index contributed by atoms with van der Waals surface area (Å²) in [5.74, 6) is -1.74. The summed E-state index contributed by atoms with van der Waals surface area (Å²) in [6.45, 7) is 0. The zero-order chi connectivity index (χ0) is 25.0. The molecule has 34 heavy (non-hydrogen) atoms. The fraction of sp³-hybridized carbons (Fsp3) is 0.0556. The van der Waals surface area contributed by atoms with Crippen molar-refractivity contribution in [3.8, 4) is 0 Å². The van der Waals surface area contributed by atoms with Gasteiger partial charge in [-0.2, -0.15) is 13.2 Å². The predicted molar refractivity (Wildman–Crippen MR) is 113 cm³/mol. The van der Waals surface area contributed by atoms with E-state index < -0.39 is 44.7 Å². The number of halogens is 4. The van der Waals surface area contributed by atoms with Gasteiger partial charge in [-0.05, 0) is 36.4 Å². The van der Waals surface area contributed by atoms with Crippen molar-refractivity contribution in [2.24, 2.45) is 0 Å². The molecular weight excluding hydrogens is 487 g/mol. The average Bonchev–Trinajstić information content (AvgIpc) is 2.77. The molecule has 0 bridgehead atoms. The van der Waals surface area contributed by atoms with Crippen LogP contribution in [-0.2, 0) is 6.18 Å². The first-order chi connectivity index (χ1) is 16.0. The first kappa shape index (κ1) is 24.1. The van der Waals surface area contributed by atoms with Crippen LogP contribution in [0.4, 0.5) is 41.9 Å².